The fourth-order valence-electron chi connectivity index (χ4n) is 2.01. The Labute approximate surface area is 105 Å². The highest BCUT2D eigenvalue weighted by atomic mass is 19.4. The first-order valence-corrected chi connectivity index (χ1v) is 5.66. The van der Waals surface area contributed by atoms with E-state index in [-0.39, 0.29) is 6.54 Å². The number of carbonyl (C=O) groups is 1. The second-order valence-electron chi connectivity index (χ2n) is 4.47. The predicted octanol–water partition coefficient (Wildman–Crippen LogP) is 1.94. The van der Waals surface area contributed by atoms with E-state index >= 15 is 0 Å². The zero-order valence-electron chi connectivity index (χ0n) is 10.1. The number of nitrogens with one attached hydrogen (secondary N) is 1. The summed E-state index contributed by atoms with van der Waals surface area (Å²) in [6.07, 6.45) is -10.3. The Hall–Kier alpha value is -0.990. The number of piperidine rings is 1. The van der Waals surface area contributed by atoms with Crippen LogP contribution in [0, 0.1) is 5.92 Å². The van der Waals surface area contributed by atoms with E-state index in [1.165, 1.54) is 0 Å². The van der Waals surface area contributed by atoms with Crippen molar-refractivity contribution in [3.05, 3.63) is 0 Å². The van der Waals surface area contributed by atoms with Gasteiger partial charge >= 0.3 is 12.4 Å². The number of hydrogen-bond acceptors (Lipinski definition) is 2. The summed E-state index contributed by atoms with van der Waals surface area (Å²) < 4.78 is 74.5. The molecule has 1 aliphatic heterocycles. The number of carbonyl (C=O) groups excluding carboxylic acids is 1. The van der Waals surface area contributed by atoms with Crippen LogP contribution in [-0.4, -0.2) is 49.3 Å². The molecule has 0 aromatic rings. The van der Waals surface area contributed by atoms with Gasteiger partial charge < -0.3 is 10.2 Å². The fourth-order valence-corrected chi connectivity index (χ4v) is 2.01. The minimum Gasteiger partial charge on any atom is -0.341 e. The molecule has 0 aliphatic carbocycles. The standard InChI is InChI=1S/C10H14F6N2O/c1-18(6-3-2-4-17-5-6)8(19)7(9(11,12)13)10(14,15)16/h6-7,17H,2-5H2,1H3. The summed E-state index contributed by atoms with van der Waals surface area (Å²) in [4.78, 5) is 12.0. The van der Waals surface area contributed by atoms with Crippen LogP contribution in [0.15, 0.2) is 0 Å². The van der Waals surface area contributed by atoms with Crippen LogP contribution >= 0.6 is 0 Å². The highest BCUT2D eigenvalue weighted by molar-refractivity contribution is 5.80. The fraction of sp³-hybridized carbons (Fsp3) is 0.900. The van der Waals surface area contributed by atoms with Crippen molar-refractivity contribution in [1.29, 1.82) is 0 Å². The predicted molar refractivity (Wildman–Crippen MR) is 54.3 cm³/mol. The van der Waals surface area contributed by atoms with Crippen LogP contribution in [-0.2, 0) is 4.79 Å². The molecule has 0 aromatic carbocycles. The Balaban J connectivity index is 2.87. The van der Waals surface area contributed by atoms with Gasteiger partial charge in [0.2, 0.25) is 11.8 Å². The Bertz CT molecular complexity index is 307. The molecule has 1 fully saturated rings. The summed E-state index contributed by atoms with van der Waals surface area (Å²) in [7, 11) is 0.977. The van der Waals surface area contributed by atoms with Gasteiger partial charge in [0.15, 0.2) is 0 Å². The Kier molecular flexibility index (Phi) is 4.70. The lowest BCUT2D eigenvalue weighted by molar-refractivity contribution is -0.277. The van der Waals surface area contributed by atoms with Gasteiger partial charge in [0.05, 0.1) is 0 Å². The average molecular weight is 292 g/mol. The molecule has 1 heterocycles. The smallest absolute Gasteiger partial charge is 0.341 e. The second kappa shape index (κ2) is 5.56. The summed E-state index contributed by atoms with van der Waals surface area (Å²) in [5.41, 5.74) is 0. The molecule has 0 spiro atoms. The molecule has 1 saturated heterocycles. The number of amides is 1. The molecule has 0 aromatic heterocycles. The molecule has 1 aliphatic rings. The van der Waals surface area contributed by atoms with Crippen molar-refractivity contribution in [3.8, 4) is 0 Å². The third-order valence-corrected chi connectivity index (χ3v) is 3.07. The van der Waals surface area contributed by atoms with E-state index in [2.05, 4.69) is 5.32 Å². The summed E-state index contributed by atoms with van der Waals surface area (Å²) in [5.74, 6) is -5.90. The van der Waals surface area contributed by atoms with E-state index in [1.54, 1.807) is 0 Å². The molecular formula is C10H14F6N2O. The lowest BCUT2D eigenvalue weighted by Crippen LogP contribution is -2.54. The van der Waals surface area contributed by atoms with Crippen LogP contribution in [0.25, 0.3) is 0 Å². The Morgan fingerprint density at radius 2 is 1.74 bits per heavy atom. The van der Waals surface area contributed by atoms with Gasteiger partial charge in [-0.2, -0.15) is 26.3 Å². The monoisotopic (exact) mass is 292 g/mol. The molecule has 19 heavy (non-hydrogen) atoms. The summed E-state index contributed by atoms with van der Waals surface area (Å²) in [6.45, 7) is 0.838. The van der Waals surface area contributed by atoms with Gasteiger partial charge in [-0.15, -0.1) is 0 Å². The number of rotatable bonds is 2. The van der Waals surface area contributed by atoms with Crippen molar-refractivity contribution in [3.63, 3.8) is 0 Å². The minimum absolute atomic E-state index is 0.199. The van der Waals surface area contributed by atoms with E-state index in [1.807, 2.05) is 0 Å². The molecule has 1 atom stereocenters. The van der Waals surface area contributed by atoms with Crippen molar-refractivity contribution in [2.75, 3.05) is 20.1 Å². The summed E-state index contributed by atoms with van der Waals surface area (Å²) in [6, 6.07) is -0.645. The normalized spacial score (nSPS) is 21.6. The minimum atomic E-state index is -5.63. The Morgan fingerprint density at radius 1 is 1.21 bits per heavy atom. The molecule has 0 radical (unpaired) electrons. The third kappa shape index (κ3) is 3.99. The molecule has 0 bridgehead atoms. The third-order valence-electron chi connectivity index (χ3n) is 3.07. The average Bonchev–Trinajstić information content (AvgIpc) is 2.25. The first kappa shape index (κ1) is 16.1. The largest absolute Gasteiger partial charge is 0.409 e. The molecule has 112 valence electrons. The van der Waals surface area contributed by atoms with E-state index < -0.39 is 30.2 Å². The Morgan fingerprint density at radius 3 is 2.11 bits per heavy atom. The van der Waals surface area contributed by atoms with Gasteiger partial charge in [0, 0.05) is 19.6 Å². The topological polar surface area (TPSA) is 32.3 Å². The molecule has 0 saturated carbocycles. The van der Waals surface area contributed by atoms with Gasteiger partial charge in [-0.25, -0.2) is 0 Å². The first-order chi connectivity index (χ1) is 8.55. The van der Waals surface area contributed by atoms with Crippen molar-refractivity contribution in [2.24, 2.45) is 5.92 Å². The summed E-state index contributed by atoms with van der Waals surface area (Å²) in [5, 5.41) is 2.83. The molecule has 1 unspecified atom stereocenters. The number of likely N-dealkylation sites (N-methyl/N-ethyl adjacent to an activating group) is 1. The maximum absolute atomic E-state index is 12.4. The molecule has 1 N–H and O–H groups in total. The maximum Gasteiger partial charge on any atom is 0.409 e. The lowest BCUT2D eigenvalue weighted by Gasteiger charge is -2.34. The second-order valence-corrected chi connectivity index (χ2v) is 4.47. The van der Waals surface area contributed by atoms with Crippen molar-refractivity contribution < 1.29 is 31.1 Å². The quantitative estimate of drug-likeness (QED) is 0.789. The first-order valence-electron chi connectivity index (χ1n) is 5.66. The van der Waals surface area contributed by atoms with E-state index in [0.717, 1.165) is 7.05 Å². The zero-order chi connectivity index (χ0) is 14.8. The van der Waals surface area contributed by atoms with Gasteiger partial charge in [-0.1, -0.05) is 0 Å². The van der Waals surface area contributed by atoms with Crippen molar-refractivity contribution in [2.45, 2.75) is 31.2 Å². The van der Waals surface area contributed by atoms with E-state index in [4.69, 9.17) is 0 Å². The number of alkyl halides is 6. The molecule has 1 amide bonds. The highest BCUT2D eigenvalue weighted by Crippen LogP contribution is 2.40. The van der Waals surface area contributed by atoms with Gasteiger partial charge in [-0.3, -0.25) is 4.79 Å². The molecular weight excluding hydrogens is 278 g/mol. The number of nitrogens with zero attached hydrogens (tertiary/aromatic N) is 1. The molecule has 3 nitrogen and oxygen atoms in total. The van der Waals surface area contributed by atoms with Crippen molar-refractivity contribution in [1.82, 2.24) is 10.2 Å². The van der Waals surface area contributed by atoms with Crippen molar-refractivity contribution >= 4 is 5.91 Å². The molecule has 1 rings (SSSR count). The van der Waals surface area contributed by atoms with Crippen LogP contribution in [0.1, 0.15) is 12.8 Å². The van der Waals surface area contributed by atoms with Crippen LogP contribution in [0.4, 0.5) is 26.3 Å². The van der Waals surface area contributed by atoms with Crippen LogP contribution in [0.3, 0.4) is 0 Å². The maximum atomic E-state index is 12.4. The van der Waals surface area contributed by atoms with E-state index in [9.17, 15) is 31.1 Å². The zero-order valence-corrected chi connectivity index (χ0v) is 10.1. The molecule has 9 heteroatoms. The lowest BCUT2D eigenvalue weighted by atomic mass is 10.0. The van der Waals surface area contributed by atoms with Crippen LogP contribution in [0.5, 0.6) is 0 Å². The summed E-state index contributed by atoms with van der Waals surface area (Å²) >= 11 is 0. The van der Waals surface area contributed by atoms with Gasteiger partial charge in [0.25, 0.3) is 0 Å². The number of halogens is 6. The van der Waals surface area contributed by atoms with Crippen LogP contribution < -0.4 is 5.32 Å². The van der Waals surface area contributed by atoms with Gasteiger partial charge in [0.1, 0.15) is 0 Å². The van der Waals surface area contributed by atoms with E-state index in [0.29, 0.717) is 24.3 Å². The SMILES string of the molecule is CN(C(=O)C(C(F)(F)F)C(F)(F)F)C1CCCNC1. The number of hydrogen-bond donors (Lipinski definition) is 1. The van der Waals surface area contributed by atoms with Gasteiger partial charge in [-0.05, 0) is 19.4 Å². The highest BCUT2D eigenvalue weighted by Gasteiger charge is 2.62. The van der Waals surface area contributed by atoms with Crippen LogP contribution in [0.2, 0.25) is 0 Å².